The Bertz CT molecular complexity index is 262. The average molecular weight is 265 g/mol. The Labute approximate surface area is 106 Å². The van der Waals surface area contributed by atoms with E-state index in [0.29, 0.717) is 12.1 Å². The molecule has 0 aromatic rings. The van der Waals surface area contributed by atoms with E-state index in [1.54, 1.807) is 0 Å². The molecule has 2 N–H and O–H groups in total. The van der Waals surface area contributed by atoms with Gasteiger partial charge in [0, 0.05) is 25.2 Å². The molecule has 3 nitrogen and oxygen atoms in total. The van der Waals surface area contributed by atoms with Crippen LogP contribution in [0.3, 0.4) is 0 Å². The lowest BCUT2D eigenvalue weighted by atomic mass is 10.0. The average Bonchev–Trinajstić information content (AvgIpc) is 2.75. The van der Waals surface area contributed by atoms with Gasteiger partial charge in [-0.2, -0.15) is 13.2 Å². The van der Waals surface area contributed by atoms with Gasteiger partial charge in [0.25, 0.3) is 0 Å². The molecule has 0 aromatic carbocycles. The Morgan fingerprint density at radius 3 is 2.33 bits per heavy atom. The van der Waals surface area contributed by atoms with E-state index < -0.39 is 12.6 Å². The molecule has 0 bridgehead atoms. The Balaban J connectivity index is 1.71. The molecule has 0 aliphatic carbocycles. The second-order valence-corrected chi connectivity index (χ2v) is 5.48. The summed E-state index contributed by atoms with van der Waals surface area (Å²) in [6.07, 6.45) is -1.70. The lowest BCUT2D eigenvalue weighted by molar-refractivity contribution is -0.137. The number of likely N-dealkylation sites (tertiary alicyclic amines) is 2. The highest BCUT2D eigenvalue weighted by Gasteiger charge is 2.32. The van der Waals surface area contributed by atoms with Crippen molar-refractivity contribution in [3.8, 4) is 0 Å². The van der Waals surface area contributed by atoms with Crippen LogP contribution < -0.4 is 5.73 Å². The third-order valence-electron chi connectivity index (χ3n) is 4.05. The standard InChI is InChI=1S/C12H22F3N3/c13-12(14,15)4-8-17-5-3-11(9-17)18-6-1-10(16)2-7-18/h10-11H,1-9,16H2. The van der Waals surface area contributed by atoms with Crippen LogP contribution in [0.15, 0.2) is 0 Å². The number of rotatable bonds is 3. The molecule has 2 heterocycles. The van der Waals surface area contributed by atoms with E-state index in [-0.39, 0.29) is 6.54 Å². The zero-order valence-electron chi connectivity index (χ0n) is 10.6. The summed E-state index contributed by atoms with van der Waals surface area (Å²) >= 11 is 0. The van der Waals surface area contributed by atoms with E-state index in [0.717, 1.165) is 45.4 Å². The van der Waals surface area contributed by atoms with Crippen LogP contribution in [-0.2, 0) is 0 Å². The summed E-state index contributed by atoms with van der Waals surface area (Å²) in [5.74, 6) is 0. The lowest BCUT2D eigenvalue weighted by Crippen LogP contribution is -2.46. The Morgan fingerprint density at radius 2 is 1.72 bits per heavy atom. The molecule has 0 spiro atoms. The van der Waals surface area contributed by atoms with Gasteiger partial charge in [-0.15, -0.1) is 0 Å². The zero-order valence-corrected chi connectivity index (χ0v) is 10.6. The van der Waals surface area contributed by atoms with E-state index in [2.05, 4.69) is 4.90 Å². The third kappa shape index (κ3) is 4.10. The van der Waals surface area contributed by atoms with Crippen molar-refractivity contribution >= 4 is 0 Å². The molecule has 1 atom stereocenters. The van der Waals surface area contributed by atoms with Gasteiger partial charge < -0.3 is 10.6 Å². The molecular formula is C12H22F3N3. The van der Waals surface area contributed by atoms with Gasteiger partial charge in [-0.3, -0.25) is 4.90 Å². The van der Waals surface area contributed by atoms with Gasteiger partial charge in [0.1, 0.15) is 0 Å². The highest BCUT2D eigenvalue weighted by molar-refractivity contribution is 4.86. The second kappa shape index (κ2) is 5.75. The number of alkyl halides is 3. The predicted molar refractivity (Wildman–Crippen MR) is 64.3 cm³/mol. The molecule has 0 saturated carbocycles. The van der Waals surface area contributed by atoms with Crippen molar-refractivity contribution in [3.05, 3.63) is 0 Å². The van der Waals surface area contributed by atoms with Crippen molar-refractivity contribution in [2.24, 2.45) is 5.73 Å². The van der Waals surface area contributed by atoms with Crippen LogP contribution >= 0.6 is 0 Å². The summed E-state index contributed by atoms with van der Waals surface area (Å²) in [6, 6.07) is 0.745. The first-order chi connectivity index (χ1) is 8.44. The van der Waals surface area contributed by atoms with Gasteiger partial charge >= 0.3 is 6.18 Å². The monoisotopic (exact) mass is 265 g/mol. The molecule has 0 aromatic heterocycles. The van der Waals surface area contributed by atoms with Crippen molar-refractivity contribution < 1.29 is 13.2 Å². The fourth-order valence-corrected chi connectivity index (χ4v) is 2.88. The largest absolute Gasteiger partial charge is 0.390 e. The molecule has 0 amide bonds. The first-order valence-electron chi connectivity index (χ1n) is 6.73. The molecule has 2 rings (SSSR count). The molecule has 2 saturated heterocycles. The molecule has 2 aliphatic rings. The van der Waals surface area contributed by atoms with E-state index >= 15 is 0 Å². The Hall–Kier alpha value is -0.330. The van der Waals surface area contributed by atoms with Crippen LogP contribution in [0.2, 0.25) is 0 Å². The molecule has 18 heavy (non-hydrogen) atoms. The summed E-state index contributed by atoms with van der Waals surface area (Å²) in [7, 11) is 0. The molecule has 1 unspecified atom stereocenters. The van der Waals surface area contributed by atoms with Gasteiger partial charge in [-0.25, -0.2) is 0 Å². The molecule has 0 radical (unpaired) electrons. The van der Waals surface area contributed by atoms with Crippen molar-refractivity contribution in [1.82, 2.24) is 9.80 Å². The molecule has 2 fully saturated rings. The summed E-state index contributed by atoms with van der Waals surface area (Å²) in [5, 5.41) is 0. The van der Waals surface area contributed by atoms with Crippen LogP contribution in [-0.4, -0.2) is 60.8 Å². The minimum absolute atomic E-state index is 0.146. The Kier molecular flexibility index (Phi) is 4.50. The van der Waals surface area contributed by atoms with Crippen LogP contribution in [0.1, 0.15) is 25.7 Å². The third-order valence-corrected chi connectivity index (χ3v) is 4.05. The maximum atomic E-state index is 12.2. The molecule has 6 heteroatoms. The second-order valence-electron chi connectivity index (χ2n) is 5.48. The molecule has 2 aliphatic heterocycles. The number of nitrogens with two attached hydrogens (primary N) is 1. The number of halogens is 3. The number of nitrogens with zero attached hydrogens (tertiary/aromatic N) is 2. The van der Waals surface area contributed by atoms with Crippen LogP contribution in [0, 0.1) is 0 Å². The minimum Gasteiger partial charge on any atom is -0.328 e. The van der Waals surface area contributed by atoms with Gasteiger partial charge in [-0.1, -0.05) is 0 Å². The summed E-state index contributed by atoms with van der Waals surface area (Å²) in [6.45, 7) is 3.72. The van der Waals surface area contributed by atoms with Crippen molar-refractivity contribution in [3.63, 3.8) is 0 Å². The van der Waals surface area contributed by atoms with Crippen LogP contribution in [0.4, 0.5) is 13.2 Å². The Morgan fingerprint density at radius 1 is 1.06 bits per heavy atom. The minimum atomic E-state index is -4.03. The smallest absolute Gasteiger partial charge is 0.328 e. The van der Waals surface area contributed by atoms with Gasteiger partial charge in [-0.05, 0) is 38.9 Å². The number of hydrogen-bond donors (Lipinski definition) is 1. The van der Waals surface area contributed by atoms with E-state index in [9.17, 15) is 13.2 Å². The van der Waals surface area contributed by atoms with E-state index in [1.807, 2.05) is 4.90 Å². The summed E-state index contributed by atoms with van der Waals surface area (Å²) in [4.78, 5) is 4.34. The molecular weight excluding hydrogens is 243 g/mol. The van der Waals surface area contributed by atoms with E-state index in [1.165, 1.54) is 0 Å². The fourth-order valence-electron chi connectivity index (χ4n) is 2.88. The first kappa shape index (κ1) is 14.1. The van der Waals surface area contributed by atoms with Crippen LogP contribution in [0.5, 0.6) is 0 Å². The highest BCUT2D eigenvalue weighted by atomic mass is 19.4. The lowest BCUT2D eigenvalue weighted by Gasteiger charge is -2.34. The maximum Gasteiger partial charge on any atom is 0.390 e. The van der Waals surface area contributed by atoms with Crippen molar-refractivity contribution in [2.75, 3.05) is 32.7 Å². The van der Waals surface area contributed by atoms with Gasteiger partial charge in [0.2, 0.25) is 0 Å². The van der Waals surface area contributed by atoms with Gasteiger partial charge in [0.15, 0.2) is 0 Å². The maximum absolute atomic E-state index is 12.2. The van der Waals surface area contributed by atoms with E-state index in [4.69, 9.17) is 5.73 Å². The fraction of sp³-hybridized carbons (Fsp3) is 1.00. The topological polar surface area (TPSA) is 32.5 Å². The summed E-state index contributed by atoms with van der Waals surface area (Å²) in [5.41, 5.74) is 5.86. The zero-order chi connectivity index (χ0) is 13.2. The van der Waals surface area contributed by atoms with Crippen molar-refractivity contribution in [2.45, 2.75) is 43.9 Å². The SMILES string of the molecule is NC1CCN(C2CCN(CCC(F)(F)F)C2)CC1. The van der Waals surface area contributed by atoms with Crippen molar-refractivity contribution in [1.29, 1.82) is 0 Å². The predicted octanol–water partition coefficient (Wildman–Crippen LogP) is 1.44. The first-order valence-corrected chi connectivity index (χ1v) is 6.73. The normalized spacial score (nSPS) is 29.0. The number of hydrogen-bond acceptors (Lipinski definition) is 3. The quantitative estimate of drug-likeness (QED) is 0.838. The number of piperidine rings is 1. The summed E-state index contributed by atoms with van der Waals surface area (Å²) < 4.78 is 36.5. The van der Waals surface area contributed by atoms with Gasteiger partial charge in [0.05, 0.1) is 6.42 Å². The van der Waals surface area contributed by atoms with Crippen LogP contribution in [0.25, 0.3) is 0 Å². The molecule has 106 valence electrons. The highest BCUT2D eigenvalue weighted by Crippen LogP contribution is 2.23.